The first-order valence-electron chi connectivity index (χ1n) is 6.98. The van der Waals surface area contributed by atoms with Crippen molar-refractivity contribution in [2.75, 3.05) is 11.9 Å². The summed E-state index contributed by atoms with van der Waals surface area (Å²) in [6.07, 6.45) is 3.62. The number of ether oxygens (including phenoxy) is 1. The van der Waals surface area contributed by atoms with Crippen molar-refractivity contribution in [2.24, 2.45) is 11.7 Å². The minimum Gasteiger partial charge on any atom is -0.494 e. The fourth-order valence-corrected chi connectivity index (χ4v) is 2.35. The van der Waals surface area contributed by atoms with Crippen molar-refractivity contribution >= 4 is 11.6 Å². The number of carbonyl (C=O) groups excluding carboxylic acids is 1. The van der Waals surface area contributed by atoms with E-state index in [0.29, 0.717) is 6.61 Å². The molecule has 0 spiro atoms. The molecule has 2 rings (SSSR count). The van der Waals surface area contributed by atoms with E-state index in [1.54, 1.807) is 0 Å². The summed E-state index contributed by atoms with van der Waals surface area (Å²) in [5.41, 5.74) is 6.64. The van der Waals surface area contributed by atoms with E-state index < -0.39 is 0 Å². The highest BCUT2D eigenvalue weighted by atomic mass is 16.5. The number of hydrogen-bond donors (Lipinski definition) is 2. The normalized spacial score (nSPS) is 22.2. The summed E-state index contributed by atoms with van der Waals surface area (Å²) in [6, 6.07) is 7.69. The molecule has 0 aliphatic heterocycles. The molecule has 1 saturated carbocycles. The van der Waals surface area contributed by atoms with E-state index in [1.165, 1.54) is 0 Å². The molecule has 0 aromatic heterocycles. The highest BCUT2D eigenvalue weighted by Crippen LogP contribution is 2.25. The summed E-state index contributed by atoms with van der Waals surface area (Å²) in [6.45, 7) is 2.78. The van der Waals surface area contributed by atoms with Gasteiger partial charge in [-0.2, -0.15) is 0 Å². The lowest BCUT2D eigenvalue weighted by molar-refractivity contribution is -0.119. The smallest absolute Gasteiger partial charge is 0.227 e. The molecule has 0 radical (unpaired) electrons. The predicted molar refractivity (Wildman–Crippen MR) is 76.2 cm³/mol. The maximum atomic E-state index is 12.0. The molecule has 19 heavy (non-hydrogen) atoms. The summed E-state index contributed by atoms with van der Waals surface area (Å²) in [5.74, 6) is 0.976. The molecule has 4 nitrogen and oxygen atoms in total. The van der Waals surface area contributed by atoms with E-state index >= 15 is 0 Å². The molecule has 104 valence electrons. The van der Waals surface area contributed by atoms with E-state index in [1.807, 2.05) is 24.3 Å². The number of benzene rings is 1. The van der Waals surface area contributed by atoms with Gasteiger partial charge in [0.25, 0.3) is 0 Å². The second kappa shape index (κ2) is 6.57. The number of nitrogens with two attached hydrogens (primary N) is 1. The maximum absolute atomic E-state index is 12.0. The summed E-state index contributed by atoms with van der Waals surface area (Å²) in [5, 5.41) is 2.94. The van der Waals surface area contributed by atoms with Gasteiger partial charge in [-0.3, -0.25) is 4.79 Å². The van der Waals surface area contributed by atoms with Crippen molar-refractivity contribution in [1.29, 1.82) is 0 Å². The molecule has 0 saturated heterocycles. The van der Waals surface area contributed by atoms with E-state index in [2.05, 4.69) is 12.2 Å². The van der Waals surface area contributed by atoms with Gasteiger partial charge < -0.3 is 15.8 Å². The lowest BCUT2D eigenvalue weighted by Gasteiger charge is -2.11. The average molecular weight is 262 g/mol. The second-order valence-corrected chi connectivity index (χ2v) is 5.13. The van der Waals surface area contributed by atoms with Crippen LogP contribution in [0.4, 0.5) is 5.69 Å². The molecule has 1 fully saturated rings. The molecular weight excluding hydrogens is 240 g/mol. The Hall–Kier alpha value is -1.55. The van der Waals surface area contributed by atoms with Gasteiger partial charge in [0.2, 0.25) is 5.91 Å². The number of carbonyl (C=O) groups is 1. The fourth-order valence-electron chi connectivity index (χ4n) is 2.35. The Morgan fingerprint density at radius 3 is 2.68 bits per heavy atom. The van der Waals surface area contributed by atoms with Gasteiger partial charge in [-0.05, 0) is 49.9 Å². The Balaban J connectivity index is 1.87. The monoisotopic (exact) mass is 262 g/mol. The van der Waals surface area contributed by atoms with Gasteiger partial charge >= 0.3 is 0 Å². The van der Waals surface area contributed by atoms with Crippen LogP contribution in [0.25, 0.3) is 0 Å². The molecule has 0 bridgehead atoms. The Morgan fingerprint density at radius 1 is 1.37 bits per heavy atom. The van der Waals surface area contributed by atoms with Crippen molar-refractivity contribution in [3.05, 3.63) is 24.3 Å². The Kier molecular flexibility index (Phi) is 4.80. The third kappa shape index (κ3) is 3.96. The van der Waals surface area contributed by atoms with Gasteiger partial charge in [-0.15, -0.1) is 0 Å². The van der Waals surface area contributed by atoms with Crippen LogP contribution in [-0.2, 0) is 4.79 Å². The standard InChI is InChI=1S/C15H22N2O2/c1-2-9-19-14-7-5-13(6-8-14)17-15(18)11-3-4-12(16)10-11/h5-8,11-12H,2-4,9-10,16H2,1H3,(H,17,18). The van der Waals surface area contributed by atoms with Crippen LogP contribution in [-0.4, -0.2) is 18.6 Å². The van der Waals surface area contributed by atoms with E-state index in [-0.39, 0.29) is 17.9 Å². The van der Waals surface area contributed by atoms with E-state index in [4.69, 9.17) is 10.5 Å². The summed E-state index contributed by atoms with van der Waals surface area (Å²) >= 11 is 0. The maximum Gasteiger partial charge on any atom is 0.227 e. The number of anilines is 1. The van der Waals surface area contributed by atoms with Crippen LogP contribution in [0.5, 0.6) is 5.75 Å². The molecule has 1 aliphatic carbocycles. The zero-order valence-corrected chi connectivity index (χ0v) is 11.4. The topological polar surface area (TPSA) is 64.3 Å². The van der Waals surface area contributed by atoms with Crippen molar-refractivity contribution in [3.8, 4) is 5.75 Å². The first-order chi connectivity index (χ1) is 9.19. The molecular formula is C15H22N2O2. The predicted octanol–water partition coefficient (Wildman–Crippen LogP) is 2.54. The minimum atomic E-state index is 0.0611. The number of hydrogen-bond acceptors (Lipinski definition) is 3. The SMILES string of the molecule is CCCOc1ccc(NC(=O)C2CCC(N)C2)cc1. The van der Waals surface area contributed by atoms with Crippen LogP contribution in [0, 0.1) is 5.92 Å². The minimum absolute atomic E-state index is 0.0611. The van der Waals surface area contributed by atoms with Crippen molar-refractivity contribution in [1.82, 2.24) is 0 Å². The Bertz CT molecular complexity index is 417. The molecule has 4 heteroatoms. The number of rotatable bonds is 5. The van der Waals surface area contributed by atoms with Gasteiger partial charge in [0.05, 0.1) is 6.61 Å². The number of amides is 1. The lowest BCUT2D eigenvalue weighted by Crippen LogP contribution is -2.23. The average Bonchev–Trinajstić information content (AvgIpc) is 2.85. The Morgan fingerprint density at radius 2 is 2.11 bits per heavy atom. The van der Waals surface area contributed by atoms with Crippen molar-refractivity contribution in [3.63, 3.8) is 0 Å². The summed E-state index contributed by atoms with van der Waals surface area (Å²) < 4.78 is 5.50. The van der Waals surface area contributed by atoms with Crippen LogP contribution < -0.4 is 15.8 Å². The molecule has 1 aromatic carbocycles. The van der Waals surface area contributed by atoms with Gasteiger partial charge in [0.1, 0.15) is 5.75 Å². The molecule has 3 N–H and O–H groups in total. The van der Waals surface area contributed by atoms with Crippen LogP contribution in [0.3, 0.4) is 0 Å². The Labute approximate surface area is 114 Å². The first kappa shape index (κ1) is 13.9. The van der Waals surface area contributed by atoms with Crippen LogP contribution >= 0.6 is 0 Å². The lowest BCUT2D eigenvalue weighted by atomic mass is 10.1. The third-order valence-corrected chi connectivity index (χ3v) is 3.44. The zero-order chi connectivity index (χ0) is 13.7. The van der Waals surface area contributed by atoms with Gasteiger partial charge in [-0.25, -0.2) is 0 Å². The molecule has 1 amide bonds. The molecule has 0 heterocycles. The summed E-state index contributed by atoms with van der Waals surface area (Å²) in [7, 11) is 0. The fraction of sp³-hybridized carbons (Fsp3) is 0.533. The second-order valence-electron chi connectivity index (χ2n) is 5.13. The van der Waals surface area contributed by atoms with Gasteiger partial charge in [-0.1, -0.05) is 6.92 Å². The molecule has 1 aromatic rings. The van der Waals surface area contributed by atoms with E-state index in [0.717, 1.165) is 37.1 Å². The molecule has 2 unspecified atom stereocenters. The van der Waals surface area contributed by atoms with Crippen LogP contribution in [0.2, 0.25) is 0 Å². The first-order valence-corrected chi connectivity index (χ1v) is 6.98. The van der Waals surface area contributed by atoms with Crippen molar-refractivity contribution < 1.29 is 9.53 Å². The quantitative estimate of drug-likeness (QED) is 0.857. The third-order valence-electron chi connectivity index (χ3n) is 3.44. The van der Waals surface area contributed by atoms with Crippen molar-refractivity contribution in [2.45, 2.75) is 38.6 Å². The largest absolute Gasteiger partial charge is 0.494 e. The van der Waals surface area contributed by atoms with Gasteiger partial charge in [0, 0.05) is 17.6 Å². The highest BCUT2D eigenvalue weighted by molar-refractivity contribution is 5.92. The van der Waals surface area contributed by atoms with Crippen LogP contribution in [0.1, 0.15) is 32.6 Å². The molecule has 1 aliphatic rings. The van der Waals surface area contributed by atoms with E-state index in [9.17, 15) is 4.79 Å². The van der Waals surface area contributed by atoms with Crippen LogP contribution in [0.15, 0.2) is 24.3 Å². The highest BCUT2D eigenvalue weighted by Gasteiger charge is 2.27. The zero-order valence-electron chi connectivity index (χ0n) is 11.4. The molecule has 2 atom stereocenters. The van der Waals surface area contributed by atoms with Gasteiger partial charge in [0.15, 0.2) is 0 Å². The summed E-state index contributed by atoms with van der Waals surface area (Å²) in [4.78, 5) is 12.0. The number of nitrogens with one attached hydrogen (secondary N) is 1.